The van der Waals surface area contributed by atoms with Gasteiger partial charge in [0, 0.05) is 22.6 Å². The Bertz CT molecular complexity index is 1040. The molecule has 0 spiro atoms. The Morgan fingerprint density at radius 2 is 1.79 bits per heavy atom. The SMILES string of the molecule is N#CC1(C(N)=O)C=C(c2ccccc2)C([N+](=O)[O-])C1c1cccc([N+](=O)[O-])c1. The van der Waals surface area contributed by atoms with E-state index in [1.807, 2.05) is 6.07 Å². The fourth-order valence-corrected chi connectivity index (χ4v) is 3.63. The monoisotopic (exact) mass is 378 g/mol. The minimum atomic E-state index is -2.02. The summed E-state index contributed by atoms with van der Waals surface area (Å²) >= 11 is 0. The number of nitro groups is 2. The van der Waals surface area contributed by atoms with Crippen molar-refractivity contribution < 1.29 is 14.6 Å². The van der Waals surface area contributed by atoms with Crippen LogP contribution in [0.5, 0.6) is 0 Å². The maximum absolute atomic E-state index is 12.3. The second-order valence-corrected chi connectivity index (χ2v) is 6.37. The molecule has 0 aliphatic heterocycles. The number of nitriles is 1. The second kappa shape index (κ2) is 6.92. The van der Waals surface area contributed by atoms with Crippen LogP contribution >= 0.6 is 0 Å². The van der Waals surface area contributed by atoms with Crippen molar-refractivity contribution in [1.29, 1.82) is 5.26 Å². The summed E-state index contributed by atoms with van der Waals surface area (Å²) in [5.41, 5.74) is 3.95. The van der Waals surface area contributed by atoms with Gasteiger partial charge in [-0.1, -0.05) is 42.5 Å². The normalized spacial score (nSPS) is 23.5. The summed E-state index contributed by atoms with van der Waals surface area (Å²) in [4.78, 5) is 34.2. The quantitative estimate of drug-likeness (QED) is 0.622. The van der Waals surface area contributed by atoms with E-state index in [-0.39, 0.29) is 16.8 Å². The predicted molar refractivity (Wildman–Crippen MR) is 98.3 cm³/mol. The van der Waals surface area contributed by atoms with E-state index in [0.717, 1.165) is 6.07 Å². The third-order valence-corrected chi connectivity index (χ3v) is 4.88. The Labute approximate surface area is 159 Å². The molecule has 0 fully saturated rings. The van der Waals surface area contributed by atoms with Gasteiger partial charge >= 0.3 is 0 Å². The average Bonchev–Trinajstić information content (AvgIpc) is 3.06. The van der Waals surface area contributed by atoms with Crippen molar-refractivity contribution in [2.75, 3.05) is 0 Å². The lowest BCUT2D eigenvalue weighted by molar-refractivity contribution is -0.510. The summed E-state index contributed by atoms with van der Waals surface area (Å²) in [6.45, 7) is 0. The van der Waals surface area contributed by atoms with E-state index in [9.17, 15) is 30.3 Å². The fourth-order valence-electron chi connectivity index (χ4n) is 3.63. The predicted octanol–water partition coefficient (Wildman–Crippen LogP) is 2.42. The Morgan fingerprint density at radius 3 is 2.32 bits per heavy atom. The number of amides is 1. The van der Waals surface area contributed by atoms with Gasteiger partial charge in [-0.25, -0.2) is 0 Å². The van der Waals surface area contributed by atoms with Crippen LogP contribution in [-0.4, -0.2) is 21.8 Å². The summed E-state index contributed by atoms with van der Waals surface area (Å²) < 4.78 is 0. The first-order valence-electron chi connectivity index (χ1n) is 8.19. The van der Waals surface area contributed by atoms with E-state index >= 15 is 0 Å². The standard InChI is InChI=1S/C19H14N4O5/c20-11-19(18(21)24)10-15(12-5-2-1-3-6-12)17(23(27)28)16(19)13-7-4-8-14(9-13)22(25)26/h1-10,16-17H,(H2,21,24). The Hall–Kier alpha value is -4.06. The third-order valence-electron chi connectivity index (χ3n) is 4.88. The van der Waals surface area contributed by atoms with Gasteiger partial charge in [0.1, 0.15) is 0 Å². The maximum Gasteiger partial charge on any atom is 0.269 e. The van der Waals surface area contributed by atoms with Crippen molar-refractivity contribution in [2.45, 2.75) is 12.0 Å². The van der Waals surface area contributed by atoms with Gasteiger partial charge in [-0.15, -0.1) is 0 Å². The van der Waals surface area contributed by atoms with Crippen LogP contribution in [0.2, 0.25) is 0 Å². The molecular weight excluding hydrogens is 364 g/mol. The van der Waals surface area contributed by atoms with Gasteiger partial charge in [-0.2, -0.15) is 5.26 Å². The van der Waals surface area contributed by atoms with E-state index in [1.165, 1.54) is 24.3 Å². The number of nitrogens with two attached hydrogens (primary N) is 1. The van der Waals surface area contributed by atoms with Gasteiger partial charge < -0.3 is 5.73 Å². The van der Waals surface area contributed by atoms with Crippen molar-refractivity contribution in [2.24, 2.45) is 11.1 Å². The van der Waals surface area contributed by atoms with E-state index < -0.39 is 33.1 Å². The lowest BCUT2D eigenvalue weighted by Gasteiger charge is -2.25. The highest BCUT2D eigenvalue weighted by Crippen LogP contribution is 2.52. The molecule has 140 valence electrons. The van der Waals surface area contributed by atoms with E-state index in [2.05, 4.69) is 0 Å². The molecule has 9 nitrogen and oxygen atoms in total. The van der Waals surface area contributed by atoms with Gasteiger partial charge in [-0.3, -0.25) is 25.0 Å². The van der Waals surface area contributed by atoms with Crippen LogP contribution < -0.4 is 5.73 Å². The number of non-ortho nitro benzene ring substituents is 1. The molecule has 0 radical (unpaired) electrons. The Kier molecular flexibility index (Phi) is 4.63. The van der Waals surface area contributed by atoms with Gasteiger partial charge in [0.2, 0.25) is 11.9 Å². The molecule has 28 heavy (non-hydrogen) atoms. The van der Waals surface area contributed by atoms with E-state index in [4.69, 9.17) is 5.73 Å². The van der Waals surface area contributed by atoms with Crippen molar-refractivity contribution >= 4 is 17.2 Å². The van der Waals surface area contributed by atoms with E-state index in [1.54, 1.807) is 30.3 Å². The van der Waals surface area contributed by atoms with Gasteiger partial charge in [-0.05, 0) is 17.2 Å². The zero-order chi connectivity index (χ0) is 20.5. The molecule has 2 aromatic rings. The number of hydrogen-bond donors (Lipinski definition) is 1. The van der Waals surface area contributed by atoms with Crippen LogP contribution in [0, 0.1) is 37.0 Å². The maximum atomic E-state index is 12.3. The molecule has 0 bridgehead atoms. The number of carbonyl (C=O) groups is 1. The van der Waals surface area contributed by atoms with Gasteiger partial charge in [0.15, 0.2) is 5.41 Å². The molecule has 0 saturated carbocycles. The molecule has 0 aromatic heterocycles. The molecular formula is C19H14N4O5. The molecule has 1 aliphatic rings. The summed E-state index contributed by atoms with van der Waals surface area (Å²) in [5.74, 6) is -2.36. The second-order valence-electron chi connectivity index (χ2n) is 6.37. The number of primary amides is 1. The minimum absolute atomic E-state index is 0.124. The topological polar surface area (TPSA) is 153 Å². The zero-order valence-electron chi connectivity index (χ0n) is 14.4. The van der Waals surface area contributed by atoms with Crippen molar-refractivity contribution in [3.05, 3.63) is 92.0 Å². The van der Waals surface area contributed by atoms with Gasteiger partial charge in [0.25, 0.3) is 5.69 Å². The summed E-state index contributed by atoms with van der Waals surface area (Å²) in [5, 5.41) is 32.9. The number of nitro benzene ring substituents is 1. The van der Waals surface area contributed by atoms with Crippen LogP contribution in [0.25, 0.3) is 5.57 Å². The molecule has 3 atom stereocenters. The Morgan fingerprint density at radius 1 is 1.11 bits per heavy atom. The molecule has 0 saturated heterocycles. The highest BCUT2D eigenvalue weighted by atomic mass is 16.6. The molecule has 3 unspecified atom stereocenters. The first-order valence-corrected chi connectivity index (χ1v) is 8.19. The van der Waals surface area contributed by atoms with Crippen LogP contribution in [0.3, 0.4) is 0 Å². The van der Waals surface area contributed by atoms with Crippen LogP contribution in [0.4, 0.5) is 5.69 Å². The average molecular weight is 378 g/mol. The molecule has 3 rings (SSSR count). The number of nitrogens with zero attached hydrogens (tertiary/aromatic N) is 3. The largest absolute Gasteiger partial charge is 0.368 e. The number of benzene rings is 2. The molecule has 0 heterocycles. The number of carbonyl (C=O) groups excluding carboxylic acids is 1. The smallest absolute Gasteiger partial charge is 0.269 e. The summed E-state index contributed by atoms with van der Waals surface area (Å²) in [6, 6.07) is 13.8. The minimum Gasteiger partial charge on any atom is -0.368 e. The number of rotatable bonds is 5. The van der Waals surface area contributed by atoms with Crippen LogP contribution in [-0.2, 0) is 4.79 Å². The highest BCUT2D eigenvalue weighted by molar-refractivity contribution is 5.93. The molecule has 9 heteroatoms. The number of hydrogen-bond acceptors (Lipinski definition) is 6. The molecule has 1 aliphatic carbocycles. The molecule has 2 N–H and O–H groups in total. The highest BCUT2D eigenvalue weighted by Gasteiger charge is 2.59. The zero-order valence-corrected chi connectivity index (χ0v) is 14.4. The van der Waals surface area contributed by atoms with Crippen molar-refractivity contribution in [3.8, 4) is 6.07 Å². The fraction of sp³-hybridized carbons (Fsp3) is 0.158. The van der Waals surface area contributed by atoms with Gasteiger partial charge in [0.05, 0.1) is 16.9 Å². The first kappa shape index (κ1) is 18.7. The molecule has 1 amide bonds. The van der Waals surface area contributed by atoms with Crippen molar-refractivity contribution in [1.82, 2.24) is 0 Å². The van der Waals surface area contributed by atoms with Crippen LogP contribution in [0.15, 0.2) is 60.7 Å². The lowest BCUT2D eigenvalue weighted by atomic mass is 9.73. The molecule has 2 aromatic carbocycles. The summed E-state index contributed by atoms with van der Waals surface area (Å²) in [7, 11) is 0. The van der Waals surface area contributed by atoms with Crippen molar-refractivity contribution in [3.63, 3.8) is 0 Å². The first-order chi connectivity index (χ1) is 13.3. The lowest BCUT2D eigenvalue weighted by Crippen LogP contribution is -2.42. The third kappa shape index (κ3) is 2.87. The van der Waals surface area contributed by atoms with Crippen LogP contribution in [0.1, 0.15) is 17.0 Å². The Balaban J connectivity index is 2.28. The summed E-state index contributed by atoms with van der Waals surface area (Å²) in [6.07, 6.45) is 1.22. The van der Waals surface area contributed by atoms with E-state index in [0.29, 0.717) is 5.56 Å².